The van der Waals surface area contributed by atoms with Crippen molar-refractivity contribution in [3.8, 4) is 11.3 Å². The van der Waals surface area contributed by atoms with E-state index >= 15 is 0 Å². The zero-order valence-corrected chi connectivity index (χ0v) is 12.6. The van der Waals surface area contributed by atoms with Crippen molar-refractivity contribution in [2.24, 2.45) is 5.73 Å². The summed E-state index contributed by atoms with van der Waals surface area (Å²) in [6, 6.07) is 6.57. The van der Waals surface area contributed by atoms with Gasteiger partial charge < -0.3 is 10.3 Å². The zero-order chi connectivity index (χ0) is 14.3. The minimum Gasteiger partial charge on any atom is -0.330 e. The van der Waals surface area contributed by atoms with E-state index < -0.39 is 0 Å². The number of imidazole rings is 1. The second-order valence-electron chi connectivity index (χ2n) is 5.96. The summed E-state index contributed by atoms with van der Waals surface area (Å²) in [5.41, 5.74) is 12.1. The Kier molecular flexibility index (Phi) is 3.38. The maximum Gasteiger partial charge on any atom is 0.112 e. The van der Waals surface area contributed by atoms with Gasteiger partial charge in [-0.15, -0.1) is 0 Å². The first-order chi connectivity index (χ1) is 9.61. The van der Waals surface area contributed by atoms with Gasteiger partial charge in [-0.2, -0.15) is 0 Å². The molecule has 0 bridgehead atoms. The van der Waals surface area contributed by atoms with Crippen LogP contribution in [0.1, 0.15) is 48.3 Å². The van der Waals surface area contributed by atoms with Crippen LogP contribution in [0.25, 0.3) is 11.3 Å². The highest BCUT2D eigenvalue weighted by Crippen LogP contribution is 2.33. The van der Waals surface area contributed by atoms with E-state index in [0.717, 1.165) is 12.2 Å². The van der Waals surface area contributed by atoms with E-state index in [4.69, 9.17) is 10.7 Å². The van der Waals surface area contributed by atoms with Gasteiger partial charge in [0.2, 0.25) is 0 Å². The molecule has 1 aliphatic heterocycles. The van der Waals surface area contributed by atoms with E-state index in [0.29, 0.717) is 12.5 Å². The number of rotatable bonds is 2. The van der Waals surface area contributed by atoms with Crippen LogP contribution in [-0.4, -0.2) is 9.55 Å². The Hall–Kier alpha value is -1.61. The maximum absolute atomic E-state index is 6.01. The lowest BCUT2D eigenvalue weighted by Gasteiger charge is -2.21. The van der Waals surface area contributed by atoms with Crippen LogP contribution in [-0.2, 0) is 13.1 Å². The first kappa shape index (κ1) is 13.4. The molecule has 3 rings (SSSR count). The van der Waals surface area contributed by atoms with Gasteiger partial charge in [0.15, 0.2) is 0 Å². The monoisotopic (exact) mass is 269 g/mol. The van der Waals surface area contributed by atoms with Crippen LogP contribution in [0.4, 0.5) is 0 Å². The number of hydrogen-bond acceptors (Lipinski definition) is 2. The van der Waals surface area contributed by atoms with Gasteiger partial charge in [-0.3, -0.25) is 0 Å². The number of aromatic nitrogens is 2. The zero-order valence-electron chi connectivity index (χ0n) is 12.6. The van der Waals surface area contributed by atoms with Crippen molar-refractivity contribution in [2.75, 3.05) is 0 Å². The molecule has 0 spiro atoms. The van der Waals surface area contributed by atoms with E-state index in [1.165, 1.54) is 41.1 Å². The smallest absolute Gasteiger partial charge is 0.112 e. The molecule has 2 aromatic rings. The van der Waals surface area contributed by atoms with Crippen LogP contribution in [0.2, 0.25) is 0 Å². The van der Waals surface area contributed by atoms with Crippen LogP contribution in [0.3, 0.4) is 0 Å². The van der Waals surface area contributed by atoms with Gasteiger partial charge in [0.25, 0.3) is 0 Å². The molecule has 1 aromatic heterocycles. The SMILES string of the molecule is Cc1ccc(-c2nc3n(c2CN)CCCC3C)cc1C. The summed E-state index contributed by atoms with van der Waals surface area (Å²) in [5, 5.41) is 0. The van der Waals surface area contributed by atoms with Crippen molar-refractivity contribution in [3.05, 3.63) is 40.8 Å². The first-order valence-corrected chi connectivity index (χ1v) is 7.48. The molecule has 0 radical (unpaired) electrons. The minimum atomic E-state index is 0.536. The predicted molar refractivity (Wildman–Crippen MR) is 82.7 cm³/mol. The van der Waals surface area contributed by atoms with Gasteiger partial charge in [-0.1, -0.05) is 19.1 Å². The van der Waals surface area contributed by atoms with Crippen molar-refractivity contribution < 1.29 is 0 Å². The number of aryl methyl sites for hydroxylation is 2. The van der Waals surface area contributed by atoms with Crippen molar-refractivity contribution in [3.63, 3.8) is 0 Å². The third-order valence-corrected chi connectivity index (χ3v) is 4.54. The average Bonchev–Trinajstić information content (AvgIpc) is 2.82. The van der Waals surface area contributed by atoms with Gasteiger partial charge in [0.1, 0.15) is 5.82 Å². The molecule has 0 saturated heterocycles. The van der Waals surface area contributed by atoms with Gasteiger partial charge >= 0.3 is 0 Å². The molecule has 2 N–H and O–H groups in total. The number of fused-ring (bicyclic) bond motifs is 1. The minimum absolute atomic E-state index is 0.536. The molecule has 0 fully saturated rings. The molecule has 2 heterocycles. The van der Waals surface area contributed by atoms with E-state index in [9.17, 15) is 0 Å². The fraction of sp³-hybridized carbons (Fsp3) is 0.471. The van der Waals surface area contributed by atoms with E-state index in [2.05, 4.69) is 43.5 Å². The van der Waals surface area contributed by atoms with Gasteiger partial charge in [0, 0.05) is 24.6 Å². The topological polar surface area (TPSA) is 43.8 Å². The molecule has 1 aliphatic rings. The number of nitrogens with zero attached hydrogens (tertiary/aromatic N) is 2. The second kappa shape index (κ2) is 5.06. The fourth-order valence-corrected chi connectivity index (χ4v) is 3.14. The molecule has 3 heteroatoms. The summed E-state index contributed by atoms with van der Waals surface area (Å²) >= 11 is 0. The largest absolute Gasteiger partial charge is 0.330 e. The van der Waals surface area contributed by atoms with E-state index in [1.54, 1.807) is 0 Å². The third kappa shape index (κ3) is 2.06. The Balaban J connectivity index is 2.16. The molecular formula is C17H23N3. The summed E-state index contributed by atoms with van der Waals surface area (Å²) in [6.07, 6.45) is 2.46. The molecule has 0 amide bonds. The van der Waals surface area contributed by atoms with Gasteiger partial charge in [-0.05, 0) is 43.9 Å². The molecular weight excluding hydrogens is 246 g/mol. The lowest BCUT2D eigenvalue weighted by Crippen LogP contribution is -2.17. The highest BCUT2D eigenvalue weighted by atomic mass is 15.1. The van der Waals surface area contributed by atoms with Crippen LogP contribution < -0.4 is 5.73 Å². The van der Waals surface area contributed by atoms with Crippen LogP contribution in [0, 0.1) is 13.8 Å². The number of hydrogen-bond donors (Lipinski definition) is 1. The summed E-state index contributed by atoms with van der Waals surface area (Å²) in [5.74, 6) is 1.75. The highest BCUT2D eigenvalue weighted by Gasteiger charge is 2.24. The molecule has 1 atom stereocenters. The van der Waals surface area contributed by atoms with Crippen molar-refractivity contribution >= 4 is 0 Å². The molecule has 0 aliphatic carbocycles. The fourth-order valence-electron chi connectivity index (χ4n) is 3.14. The lowest BCUT2D eigenvalue weighted by atomic mass is 10.0. The standard InChI is InChI=1S/C17H23N3/c1-11-6-7-14(9-13(11)3)16-15(10-18)20-8-4-5-12(2)17(20)19-16/h6-7,9,12H,4-5,8,10,18H2,1-3H3. The van der Waals surface area contributed by atoms with Crippen molar-refractivity contribution in [1.29, 1.82) is 0 Å². The Morgan fingerprint density at radius 1 is 1.30 bits per heavy atom. The first-order valence-electron chi connectivity index (χ1n) is 7.48. The normalized spacial score (nSPS) is 18.1. The van der Waals surface area contributed by atoms with E-state index in [1.807, 2.05) is 0 Å². The summed E-state index contributed by atoms with van der Waals surface area (Å²) < 4.78 is 2.35. The van der Waals surface area contributed by atoms with Crippen molar-refractivity contribution in [2.45, 2.75) is 52.6 Å². The average molecular weight is 269 g/mol. The molecule has 106 valence electrons. The quantitative estimate of drug-likeness (QED) is 0.906. The van der Waals surface area contributed by atoms with Crippen LogP contribution >= 0.6 is 0 Å². The molecule has 1 aromatic carbocycles. The Morgan fingerprint density at radius 2 is 2.10 bits per heavy atom. The van der Waals surface area contributed by atoms with Gasteiger partial charge in [0.05, 0.1) is 11.4 Å². The van der Waals surface area contributed by atoms with Crippen LogP contribution in [0.5, 0.6) is 0 Å². The predicted octanol–water partition coefficient (Wildman–Crippen LogP) is 3.52. The molecule has 20 heavy (non-hydrogen) atoms. The molecule has 3 nitrogen and oxygen atoms in total. The van der Waals surface area contributed by atoms with Gasteiger partial charge in [-0.25, -0.2) is 4.98 Å². The highest BCUT2D eigenvalue weighted by molar-refractivity contribution is 5.64. The van der Waals surface area contributed by atoms with Crippen molar-refractivity contribution in [1.82, 2.24) is 9.55 Å². The molecule has 0 saturated carbocycles. The third-order valence-electron chi connectivity index (χ3n) is 4.54. The Labute approximate surface area is 120 Å². The summed E-state index contributed by atoms with van der Waals surface area (Å²) in [4.78, 5) is 4.93. The summed E-state index contributed by atoms with van der Waals surface area (Å²) in [7, 11) is 0. The lowest BCUT2D eigenvalue weighted by molar-refractivity contribution is 0.454. The number of nitrogens with two attached hydrogens (primary N) is 1. The number of benzene rings is 1. The van der Waals surface area contributed by atoms with Crippen LogP contribution in [0.15, 0.2) is 18.2 Å². The summed E-state index contributed by atoms with van der Waals surface area (Å²) in [6.45, 7) is 8.18. The maximum atomic E-state index is 6.01. The Bertz CT molecular complexity index is 640. The van der Waals surface area contributed by atoms with E-state index in [-0.39, 0.29) is 0 Å². The molecule has 1 unspecified atom stereocenters. The second-order valence-corrected chi connectivity index (χ2v) is 5.96. The Morgan fingerprint density at radius 3 is 2.80 bits per heavy atom.